The minimum absolute atomic E-state index is 0.0184. The van der Waals surface area contributed by atoms with Crippen LogP contribution in [0, 0.1) is 0 Å². The number of nitrogens with one attached hydrogen (secondary N) is 2. The lowest BCUT2D eigenvalue weighted by Gasteiger charge is -2.31. The molecule has 2 aromatic carbocycles. The lowest BCUT2D eigenvalue weighted by molar-refractivity contribution is -0.123. The van der Waals surface area contributed by atoms with Crippen molar-refractivity contribution in [2.45, 2.75) is 24.4 Å². The molecule has 1 amide bonds. The number of amides is 1. The number of carbonyl (C=O) groups is 1. The predicted molar refractivity (Wildman–Crippen MR) is 91.5 cm³/mol. The summed E-state index contributed by atoms with van der Waals surface area (Å²) >= 11 is 1.75. The van der Waals surface area contributed by atoms with Gasteiger partial charge in [-0.25, -0.2) is 0 Å². The average Bonchev–Trinajstić information content (AvgIpc) is 2.56. The van der Waals surface area contributed by atoms with Gasteiger partial charge < -0.3 is 5.32 Å². The Morgan fingerprint density at radius 2 is 1.68 bits per heavy atom. The monoisotopic (exact) mass is 312 g/mol. The number of benzene rings is 2. The van der Waals surface area contributed by atoms with E-state index < -0.39 is 0 Å². The molecule has 4 heteroatoms. The van der Waals surface area contributed by atoms with Crippen molar-refractivity contribution in [3.63, 3.8) is 0 Å². The number of hydrogen-bond acceptors (Lipinski definition) is 3. The zero-order valence-corrected chi connectivity index (χ0v) is 13.2. The highest BCUT2D eigenvalue weighted by Gasteiger charge is 2.26. The van der Waals surface area contributed by atoms with Gasteiger partial charge in [0.25, 0.3) is 0 Å². The molecule has 2 unspecified atom stereocenters. The highest BCUT2D eigenvalue weighted by molar-refractivity contribution is 7.99. The fraction of sp³-hybridized carbons (Fsp3) is 0.278. The summed E-state index contributed by atoms with van der Waals surface area (Å²) in [4.78, 5) is 11.9. The quantitative estimate of drug-likeness (QED) is 0.891. The summed E-state index contributed by atoms with van der Waals surface area (Å²) in [5.41, 5.74) is 2.48. The first kappa shape index (κ1) is 15.1. The van der Waals surface area contributed by atoms with E-state index in [1.54, 1.807) is 11.8 Å². The third-order valence-electron chi connectivity index (χ3n) is 3.75. The molecule has 1 saturated heterocycles. The van der Waals surface area contributed by atoms with E-state index in [-0.39, 0.29) is 17.4 Å². The Bertz CT molecular complexity index is 603. The largest absolute Gasteiger partial charge is 0.332 e. The van der Waals surface area contributed by atoms with E-state index in [1.165, 1.54) is 11.1 Å². The summed E-state index contributed by atoms with van der Waals surface area (Å²) < 4.78 is 0. The van der Waals surface area contributed by atoms with Crippen molar-refractivity contribution in [1.82, 2.24) is 10.6 Å². The van der Waals surface area contributed by atoms with Gasteiger partial charge in [0.1, 0.15) is 5.50 Å². The van der Waals surface area contributed by atoms with Crippen LogP contribution >= 0.6 is 11.8 Å². The third kappa shape index (κ3) is 4.12. The minimum Gasteiger partial charge on any atom is -0.332 e. The molecule has 1 aliphatic heterocycles. The van der Waals surface area contributed by atoms with Crippen LogP contribution in [-0.4, -0.2) is 17.2 Å². The summed E-state index contributed by atoms with van der Waals surface area (Å²) in [5.74, 6) is 1.09. The van der Waals surface area contributed by atoms with Crippen molar-refractivity contribution in [3.05, 3.63) is 71.8 Å². The smallest absolute Gasteiger partial charge is 0.223 e. The molecule has 1 heterocycles. The lowest BCUT2D eigenvalue weighted by Crippen LogP contribution is -2.51. The number of carbonyl (C=O) groups excluding carboxylic acids is 1. The number of aryl methyl sites for hydroxylation is 1. The van der Waals surface area contributed by atoms with E-state index in [1.807, 2.05) is 24.3 Å². The molecule has 0 aliphatic carbocycles. The Morgan fingerprint density at radius 1 is 1.00 bits per heavy atom. The zero-order chi connectivity index (χ0) is 15.2. The highest BCUT2D eigenvalue weighted by Crippen LogP contribution is 2.23. The molecule has 0 bridgehead atoms. The van der Waals surface area contributed by atoms with Crippen molar-refractivity contribution < 1.29 is 4.79 Å². The van der Waals surface area contributed by atoms with Gasteiger partial charge in [-0.1, -0.05) is 60.7 Å². The van der Waals surface area contributed by atoms with Crippen LogP contribution in [0.3, 0.4) is 0 Å². The number of hydrogen-bond donors (Lipinski definition) is 2. The molecule has 0 saturated carbocycles. The molecule has 3 nitrogen and oxygen atoms in total. The van der Waals surface area contributed by atoms with E-state index in [0.717, 1.165) is 12.2 Å². The Labute approximate surface area is 135 Å². The van der Waals surface area contributed by atoms with E-state index in [9.17, 15) is 4.79 Å². The molecule has 2 atom stereocenters. The van der Waals surface area contributed by atoms with Crippen molar-refractivity contribution >= 4 is 17.7 Å². The summed E-state index contributed by atoms with van der Waals surface area (Å²) in [6.07, 6.45) is 1.51. The van der Waals surface area contributed by atoms with Crippen LogP contribution < -0.4 is 10.6 Å². The van der Waals surface area contributed by atoms with Gasteiger partial charge in [-0.15, -0.1) is 11.8 Å². The topological polar surface area (TPSA) is 41.1 Å². The summed E-state index contributed by atoms with van der Waals surface area (Å²) in [6, 6.07) is 20.7. The predicted octanol–water partition coefficient (Wildman–Crippen LogP) is 3.10. The van der Waals surface area contributed by atoms with E-state index in [4.69, 9.17) is 0 Å². The SMILES string of the molecule is O=C1CC(c2ccccc2)NC(SCCc2ccccc2)N1. The van der Waals surface area contributed by atoms with Crippen LogP contribution in [0.4, 0.5) is 0 Å². The Morgan fingerprint density at radius 3 is 2.41 bits per heavy atom. The van der Waals surface area contributed by atoms with Crippen LogP contribution in [0.1, 0.15) is 23.6 Å². The maximum Gasteiger partial charge on any atom is 0.223 e. The molecule has 1 aliphatic rings. The molecule has 1 fully saturated rings. The first-order valence-electron chi connectivity index (χ1n) is 7.57. The van der Waals surface area contributed by atoms with E-state index >= 15 is 0 Å². The minimum atomic E-state index is -0.0184. The summed E-state index contributed by atoms with van der Waals surface area (Å²) in [6.45, 7) is 0. The van der Waals surface area contributed by atoms with Gasteiger partial charge in [0.05, 0.1) is 0 Å². The van der Waals surface area contributed by atoms with Gasteiger partial charge in [0.15, 0.2) is 0 Å². The lowest BCUT2D eigenvalue weighted by atomic mass is 10.0. The van der Waals surface area contributed by atoms with Crippen LogP contribution in [0.15, 0.2) is 60.7 Å². The molecule has 3 rings (SSSR count). The fourth-order valence-corrected chi connectivity index (χ4v) is 3.67. The zero-order valence-electron chi connectivity index (χ0n) is 12.4. The maximum absolute atomic E-state index is 11.9. The Hall–Kier alpha value is -1.78. The first-order chi connectivity index (χ1) is 10.8. The second-order valence-electron chi connectivity index (χ2n) is 5.39. The van der Waals surface area contributed by atoms with E-state index in [2.05, 4.69) is 47.0 Å². The van der Waals surface area contributed by atoms with Crippen molar-refractivity contribution in [3.8, 4) is 0 Å². The van der Waals surface area contributed by atoms with Crippen LogP contribution in [0.25, 0.3) is 0 Å². The number of rotatable bonds is 5. The van der Waals surface area contributed by atoms with E-state index in [0.29, 0.717) is 6.42 Å². The fourth-order valence-electron chi connectivity index (χ4n) is 2.60. The second kappa shape index (κ2) is 7.47. The van der Waals surface area contributed by atoms with Crippen molar-refractivity contribution in [2.24, 2.45) is 0 Å². The molecule has 2 N–H and O–H groups in total. The van der Waals surface area contributed by atoms with Gasteiger partial charge in [0, 0.05) is 18.2 Å². The maximum atomic E-state index is 11.9. The molecule has 0 spiro atoms. The van der Waals surface area contributed by atoms with Gasteiger partial charge in [-0.05, 0) is 17.5 Å². The molecule has 0 aromatic heterocycles. The summed E-state index contributed by atoms with van der Waals surface area (Å²) in [7, 11) is 0. The molecule has 0 radical (unpaired) electrons. The molecule has 2 aromatic rings. The van der Waals surface area contributed by atoms with Gasteiger partial charge in [0.2, 0.25) is 5.91 Å². The van der Waals surface area contributed by atoms with Crippen LogP contribution in [0.2, 0.25) is 0 Å². The molecule has 22 heavy (non-hydrogen) atoms. The Balaban J connectivity index is 1.54. The van der Waals surface area contributed by atoms with Crippen molar-refractivity contribution in [2.75, 3.05) is 5.75 Å². The molecule has 114 valence electrons. The van der Waals surface area contributed by atoms with Crippen LogP contribution in [0.5, 0.6) is 0 Å². The number of thioether (sulfide) groups is 1. The average molecular weight is 312 g/mol. The molecular weight excluding hydrogens is 292 g/mol. The first-order valence-corrected chi connectivity index (χ1v) is 8.62. The molecular formula is C18H20N2OS. The van der Waals surface area contributed by atoms with Gasteiger partial charge >= 0.3 is 0 Å². The van der Waals surface area contributed by atoms with Crippen molar-refractivity contribution in [1.29, 1.82) is 0 Å². The van der Waals surface area contributed by atoms with Crippen LogP contribution in [-0.2, 0) is 11.2 Å². The Kier molecular flexibility index (Phi) is 5.14. The highest BCUT2D eigenvalue weighted by atomic mass is 32.2. The standard InChI is InChI=1S/C18H20N2OS/c21-17-13-16(15-9-5-2-6-10-15)19-18(20-17)22-12-11-14-7-3-1-4-8-14/h1-10,16,18-19H,11-13H2,(H,20,21). The van der Waals surface area contributed by atoms with Gasteiger partial charge in [-0.3, -0.25) is 10.1 Å². The normalized spacial score (nSPS) is 21.4. The summed E-state index contributed by atoms with van der Waals surface area (Å²) in [5, 5.41) is 6.53. The third-order valence-corrected chi connectivity index (χ3v) is 4.78. The second-order valence-corrected chi connectivity index (χ2v) is 6.60. The van der Waals surface area contributed by atoms with Gasteiger partial charge in [-0.2, -0.15) is 0 Å².